The van der Waals surface area contributed by atoms with Gasteiger partial charge in [0.25, 0.3) is 5.91 Å². The van der Waals surface area contributed by atoms with Crippen LogP contribution in [0.1, 0.15) is 48.4 Å². The molecular weight excluding hydrogens is 294 g/mol. The molecule has 6 nitrogen and oxygen atoms in total. The third kappa shape index (κ3) is 2.60. The molecule has 120 valence electrons. The van der Waals surface area contributed by atoms with Crippen LogP contribution in [0.5, 0.6) is 0 Å². The molecule has 2 aromatic rings. The summed E-state index contributed by atoms with van der Waals surface area (Å²) in [5.74, 6) is -1.91. The standard InChI is InChI=1S/C17H19N3O3/c1-17(2,3)14-8-12(18-19-14)15(21)20-9-11(16(22)23)10-6-4-5-7-13(10)20/h4-8,11H,9H2,1-3H3,(H,18,19)(H,22,23). The molecule has 1 aliphatic heterocycles. The molecule has 0 fully saturated rings. The number of aliphatic carboxylic acids is 1. The van der Waals surface area contributed by atoms with Gasteiger partial charge < -0.3 is 10.0 Å². The molecule has 0 saturated heterocycles. The number of carboxylic acid groups (broad SMARTS) is 1. The molecule has 1 aromatic carbocycles. The number of aromatic nitrogens is 2. The zero-order valence-electron chi connectivity index (χ0n) is 13.3. The number of carbonyl (C=O) groups excluding carboxylic acids is 1. The average Bonchev–Trinajstić information content (AvgIpc) is 3.11. The first-order valence-corrected chi connectivity index (χ1v) is 7.48. The highest BCUT2D eigenvalue weighted by Crippen LogP contribution is 2.37. The SMILES string of the molecule is CC(C)(C)c1cc(C(=O)N2CC(C(=O)O)c3ccccc32)n[nH]1. The van der Waals surface area contributed by atoms with Gasteiger partial charge in [0.1, 0.15) is 5.92 Å². The van der Waals surface area contributed by atoms with Crippen LogP contribution in [0, 0.1) is 0 Å². The Bertz CT molecular complexity index is 773. The number of rotatable bonds is 2. The normalized spacial score (nSPS) is 17.2. The third-order valence-electron chi connectivity index (χ3n) is 4.12. The van der Waals surface area contributed by atoms with E-state index in [2.05, 4.69) is 10.2 Å². The van der Waals surface area contributed by atoms with Crippen LogP contribution in [0.4, 0.5) is 5.69 Å². The third-order valence-corrected chi connectivity index (χ3v) is 4.12. The molecule has 1 aromatic heterocycles. The fraction of sp³-hybridized carbons (Fsp3) is 0.353. The molecule has 0 bridgehead atoms. The van der Waals surface area contributed by atoms with Crippen molar-refractivity contribution in [3.8, 4) is 0 Å². The Kier molecular flexibility index (Phi) is 3.47. The minimum atomic E-state index is -0.926. The van der Waals surface area contributed by atoms with Gasteiger partial charge in [0.2, 0.25) is 0 Å². The number of amides is 1. The van der Waals surface area contributed by atoms with E-state index in [1.807, 2.05) is 20.8 Å². The molecular formula is C17H19N3O3. The summed E-state index contributed by atoms with van der Waals surface area (Å²) in [6.07, 6.45) is 0. The highest BCUT2D eigenvalue weighted by atomic mass is 16.4. The van der Waals surface area contributed by atoms with Crippen LogP contribution in [0.3, 0.4) is 0 Å². The monoisotopic (exact) mass is 313 g/mol. The zero-order chi connectivity index (χ0) is 16.8. The van der Waals surface area contributed by atoms with Crippen molar-refractivity contribution in [2.75, 3.05) is 11.4 Å². The number of anilines is 1. The predicted molar refractivity (Wildman–Crippen MR) is 85.8 cm³/mol. The highest BCUT2D eigenvalue weighted by molar-refractivity contribution is 6.07. The second-order valence-corrected chi connectivity index (χ2v) is 6.78. The number of fused-ring (bicyclic) bond motifs is 1. The first kappa shape index (κ1) is 15.3. The van der Waals surface area contributed by atoms with Crippen molar-refractivity contribution in [3.05, 3.63) is 47.3 Å². The average molecular weight is 313 g/mol. The Morgan fingerprint density at radius 2 is 2.00 bits per heavy atom. The van der Waals surface area contributed by atoms with Gasteiger partial charge in [0, 0.05) is 23.3 Å². The number of nitrogens with one attached hydrogen (secondary N) is 1. The molecule has 1 unspecified atom stereocenters. The Morgan fingerprint density at radius 1 is 1.30 bits per heavy atom. The van der Waals surface area contributed by atoms with Gasteiger partial charge >= 0.3 is 5.97 Å². The van der Waals surface area contributed by atoms with Gasteiger partial charge in [-0.25, -0.2) is 0 Å². The lowest BCUT2D eigenvalue weighted by Gasteiger charge is -2.16. The van der Waals surface area contributed by atoms with Gasteiger partial charge in [0.15, 0.2) is 5.69 Å². The van der Waals surface area contributed by atoms with E-state index in [4.69, 9.17) is 0 Å². The zero-order valence-corrected chi connectivity index (χ0v) is 13.3. The number of carboxylic acids is 1. The van der Waals surface area contributed by atoms with E-state index in [0.29, 0.717) is 16.9 Å². The van der Waals surface area contributed by atoms with E-state index in [1.165, 1.54) is 4.90 Å². The molecule has 1 amide bonds. The van der Waals surface area contributed by atoms with E-state index < -0.39 is 11.9 Å². The van der Waals surface area contributed by atoms with Crippen molar-refractivity contribution in [1.82, 2.24) is 10.2 Å². The lowest BCUT2D eigenvalue weighted by molar-refractivity contribution is -0.138. The molecule has 0 spiro atoms. The van der Waals surface area contributed by atoms with E-state index in [0.717, 1.165) is 5.69 Å². The highest BCUT2D eigenvalue weighted by Gasteiger charge is 2.37. The molecule has 1 atom stereocenters. The van der Waals surface area contributed by atoms with Gasteiger partial charge in [-0.2, -0.15) is 5.10 Å². The van der Waals surface area contributed by atoms with Crippen LogP contribution in [0.25, 0.3) is 0 Å². The molecule has 0 saturated carbocycles. The minimum Gasteiger partial charge on any atom is -0.481 e. The molecule has 1 aliphatic rings. The van der Waals surface area contributed by atoms with E-state index in [9.17, 15) is 14.7 Å². The number of para-hydroxylation sites is 1. The van der Waals surface area contributed by atoms with E-state index in [-0.39, 0.29) is 17.9 Å². The largest absolute Gasteiger partial charge is 0.481 e. The molecule has 0 radical (unpaired) electrons. The Morgan fingerprint density at radius 3 is 2.61 bits per heavy atom. The number of carbonyl (C=O) groups is 2. The number of benzene rings is 1. The number of hydrogen-bond acceptors (Lipinski definition) is 3. The summed E-state index contributed by atoms with van der Waals surface area (Å²) in [6.45, 7) is 6.21. The summed E-state index contributed by atoms with van der Waals surface area (Å²) in [5, 5.41) is 16.4. The maximum absolute atomic E-state index is 12.8. The second-order valence-electron chi connectivity index (χ2n) is 6.78. The van der Waals surface area contributed by atoms with Crippen LogP contribution in [-0.2, 0) is 10.2 Å². The first-order chi connectivity index (χ1) is 10.8. The van der Waals surface area contributed by atoms with Crippen molar-refractivity contribution in [2.45, 2.75) is 32.1 Å². The summed E-state index contributed by atoms with van der Waals surface area (Å²) in [4.78, 5) is 25.7. The van der Waals surface area contributed by atoms with Crippen molar-refractivity contribution in [1.29, 1.82) is 0 Å². The quantitative estimate of drug-likeness (QED) is 0.892. The van der Waals surface area contributed by atoms with Gasteiger partial charge in [-0.15, -0.1) is 0 Å². The van der Waals surface area contributed by atoms with Crippen molar-refractivity contribution < 1.29 is 14.7 Å². The lowest BCUT2D eigenvalue weighted by Crippen LogP contribution is -2.31. The Hall–Kier alpha value is -2.63. The first-order valence-electron chi connectivity index (χ1n) is 7.48. The van der Waals surface area contributed by atoms with Gasteiger partial charge in [0.05, 0.1) is 0 Å². The van der Waals surface area contributed by atoms with Crippen molar-refractivity contribution in [3.63, 3.8) is 0 Å². The number of nitrogens with zero attached hydrogens (tertiary/aromatic N) is 2. The molecule has 2 N–H and O–H groups in total. The summed E-state index contributed by atoms with van der Waals surface area (Å²) in [7, 11) is 0. The number of hydrogen-bond donors (Lipinski definition) is 2. The van der Waals surface area contributed by atoms with Crippen LogP contribution in [0.15, 0.2) is 30.3 Å². The van der Waals surface area contributed by atoms with E-state index >= 15 is 0 Å². The summed E-state index contributed by atoms with van der Waals surface area (Å²) in [5.41, 5.74) is 2.34. The fourth-order valence-corrected chi connectivity index (χ4v) is 2.76. The van der Waals surface area contributed by atoms with Crippen molar-refractivity contribution in [2.24, 2.45) is 0 Å². The van der Waals surface area contributed by atoms with Crippen molar-refractivity contribution >= 4 is 17.6 Å². The van der Waals surface area contributed by atoms with Crippen LogP contribution in [0.2, 0.25) is 0 Å². The summed E-state index contributed by atoms with van der Waals surface area (Å²) >= 11 is 0. The molecule has 6 heteroatoms. The second kappa shape index (κ2) is 5.22. The molecule has 2 heterocycles. The smallest absolute Gasteiger partial charge is 0.312 e. The molecule has 0 aliphatic carbocycles. The van der Waals surface area contributed by atoms with Gasteiger partial charge in [-0.1, -0.05) is 39.0 Å². The molecule has 3 rings (SSSR count). The fourth-order valence-electron chi connectivity index (χ4n) is 2.76. The van der Waals surface area contributed by atoms with Crippen LogP contribution >= 0.6 is 0 Å². The Labute approximate surface area is 134 Å². The maximum atomic E-state index is 12.8. The molecule has 23 heavy (non-hydrogen) atoms. The Balaban J connectivity index is 1.95. The summed E-state index contributed by atoms with van der Waals surface area (Å²) in [6, 6.07) is 8.85. The minimum absolute atomic E-state index is 0.130. The number of H-pyrrole nitrogens is 1. The van der Waals surface area contributed by atoms with Crippen LogP contribution < -0.4 is 4.90 Å². The lowest BCUT2D eigenvalue weighted by atomic mass is 9.92. The van der Waals surface area contributed by atoms with E-state index in [1.54, 1.807) is 30.3 Å². The summed E-state index contributed by atoms with van der Waals surface area (Å²) < 4.78 is 0. The topological polar surface area (TPSA) is 86.3 Å². The van der Waals surface area contributed by atoms with Gasteiger partial charge in [-0.3, -0.25) is 14.7 Å². The van der Waals surface area contributed by atoms with Crippen LogP contribution in [-0.4, -0.2) is 33.7 Å². The maximum Gasteiger partial charge on any atom is 0.312 e. The van der Waals surface area contributed by atoms with Gasteiger partial charge in [-0.05, 0) is 17.7 Å². The number of aromatic amines is 1. The predicted octanol–water partition coefficient (Wildman–Crippen LogP) is 2.54.